The zero-order valence-corrected chi connectivity index (χ0v) is 17.4. The first-order valence-corrected chi connectivity index (χ1v) is 10.3. The van der Waals surface area contributed by atoms with Gasteiger partial charge in [0.25, 0.3) is 5.91 Å². The number of anilines is 1. The first-order valence-electron chi connectivity index (χ1n) is 9.09. The molecule has 4 rings (SSSR count). The van der Waals surface area contributed by atoms with Crippen molar-refractivity contribution in [2.75, 3.05) is 5.32 Å². The quantitative estimate of drug-likeness (QED) is 0.343. The SMILES string of the molecule is CC(OC(=O)c1cc(-c2cccs2)nc2ccccc12)C(=O)Nc1cccnc1Cl. The molecule has 3 aromatic heterocycles. The predicted octanol–water partition coefficient (Wildman–Crippen LogP) is 5.20. The highest BCUT2D eigenvalue weighted by Gasteiger charge is 2.22. The summed E-state index contributed by atoms with van der Waals surface area (Å²) in [5.41, 5.74) is 2.05. The smallest absolute Gasteiger partial charge is 0.339 e. The minimum Gasteiger partial charge on any atom is -0.449 e. The molecule has 0 saturated carbocycles. The number of ether oxygens (including phenoxy) is 1. The number of thiophene rings is 1. The summed E-state index contributed by atoms with van der Waals surface area (Å²) < 4.78 is 5.45. The van der Waals surface area contributed by atoms with E-state index >= 15 is 0 Å². The molecule has 6 nitrogen and oxygen atoms in total. The van der Waals surface area contributed by atoms with Gasteiger partial charge >= 0.3 is 5.97 Å². The van der Waals surface area contributed by atoms with Gasteiger partial charge in [-0.1, -0.05) is 35.9 Å². The van der Waals surface area contributed by atoms with Crippen LogP contribution < -0.4 is 5.32 Å². The summed E-state index contributed by atoms with van der Waals surface area (Å²) >= 11 is 7.50. The normalized spacial score (nSPS) is 11.8. The number of carbonyl (C=O) groups excluding carboxylic acids is 2. The number of para-hydroxylation sites is 1. The van der Waals surface area contributed by atoms with Gasteiger partial charge in [-0.25, -0.2) is 14.8 Å². The van der Waals surface area contributed by atoms with Gasteiger partial charge < -0.3 is 10.1 Å². The van der Waals surface area contributed by atoms with E-state index in [4.69, 9.17) is 16.3 Å². The van der Waals surface area contributed by atoms with E-state index < -0.39 is 18.0 Å². The zero-order chi connectivity index (χ0) is 21.1. The summed E-state index contributed by atoms with van der Waals surface area (Å²) in [6.07, 6.45) is 0.479. The number of halogens is 1. The molecule has 1 amide bonds. The Labute approximate surface area is 181 Å². The number of amides is 1. The fraction of sp³-hybridized carbons (Fsp3) is 0.0909. The Hall–Kier alpha value is -3.29. The number of nitrogens with one attached hydrogen (secondary N) is 1. The minimum absolute atomic E-state index is 0.157. The molecule has 0 bridgehead atoms. The zero-order valence-electron chi connectivity index (χ0n) is 15.8. The Kier molecular flexibility index (Phi) is 5.74. The molecule has 1 N–H and O–H groups in total. The Balaban J connectivity index is 1.59. The number of pyridine rings is 2. The molecule has 0 aliphatic heterocycles. The summed E-state index contributed by atoms with van der Waals surface area (Å²) in [5.74, 6) is -1.11. The van der Waals surface area contributed by atoms with Crippen molar-refractivity contribution < 1.29 is 14.3 Å². The van der Waals surface area contributed by atoms with Crippen molar-refractivity contribution in [2.24, 2.45) is 0 Å². The number of carbonyl (C=O) groups is 2. The van der Waals surface area contributed by atoms with Crippen molar-refractivity contribution in [2.45, 2.75) is 13.0 Å². The van der Waals surface area contributed by atoms with Crippen LogP contribution in [0.25, 0.3) is 21.5 Å². The fourth-order valence-electron chi connectivity index (χ4n) is 2.89. The lowest BCUT2D eigenvalue weighted by atomic mass is 10.1. The van der Waals surface area contributed by atoms with Gasteiger partial charge in [-0.05, 0) is 42.6 Å². The third kappa shape index (κ3) is 4.17. The lowest BCUT2D eigenvalue weighted by Crippen LogP contribution is -2.30. The van der Waals surface area contributed by atoms with E-state index in [1.807, 2.05) is 35.7 Å². The van der Waals surface area contributed by atoms with Crippen LogP contribution in [-0.2, 0) is 9.53 Å². The molecule has 0 aliphatic rings. The summed E-state index contributed by atoms with van der Waals surface area (Å²) in [7, 11) is 0. The monoisotopic (exact) mass is 437 g/mol. The first kappa shape index (κ1) is 20.0. The van der Waals surface area contributed by atoms with Crippen LogP contribution in [0.15, 0.2) is 66.2 Å². The molecule has 0 spiro atoms. The highest BCUT2D eigenvalue weighted by Crippen LogP contribution is 2.28. The van der Waals surface area contributed by atoms with E-state index in [-0.39, 0.29) is 5.15 Å². The second-order valence-corrected chi connectivity index (χ2v) is 7.73. The standard InChI is InChI=1S/C22H16ClN3O3S/c1-13(21(27)26-17-8-4-10-24-20(17)23)29-22(28)15-12-18(19-9-5-11-30-19)25-16-7-3-2-6-14(15)16/h2-13H,1H3,(H,26,27). The van der Waals surface area contributed by atoms with Crippen LogP contribution in [0.4, 0.5) is 5.69 Å². The molecule has 3 heterocycles. The van der Waals surface area contributed by atoms with Crippen molar-refractivity contribution >= 4 is 51.4 Å². The fourth-order valence-corrected chi connectivity index (χ4v) is 3.74. The molecule has 0 radical (unpaired) electrons. The highest BCUT2D eigenvalue weighted by atomic mass is 35.5. The van der Waals surface area contributed by atoms with Gasteiger partial charge in [0.2, 0.25) is 0 Å². The number of hydrogen-bond donors (Lipinski definition) is 1. The maximum atomic E-state index is 12.9. The van der Waals surface area contributed by atoms with Crippen LogP contribution in [-0.4, -0.2) is 27.9 Å². The third-order valence-corrected chi connectivity index (χ3v) is 5.57. The van der Waals surface area contributed by atoms with Crippen molar-refractivity contribution in [3.8, 4) is 10.6 Å². The Bertz CT molecular complexity index is 1230. The summed E-state index contributed by atoms with van der Waals surface area (Å²) in [6, 6.07) is 16.1. The van der Waals surface area contributed by atoms with E-state index in [0.29, 0.717) is 27.8 Å². The van der Waals surface area contributed by atoms with Gasteiger partial charge in [0.05, 0.1) is 27.3 Å². The number of esters is 1. The molecule has 0 fully saturated rings. The van der Waals surface area contributed by atoms with Gasteiger partial charge in [0.15, 0.2) is 11.3 Å². The molecular weight excluding hydrogens is 422 g/mol. The summed E-state index contributed by atoms with van der Waals surface area (Å²) in [5, 5.41) is 5.38. The van der Waals surface area contributed by atoms with Crippen LogP contribution in [0.3, 0.4) is 0 Å². The molecule has 1 aromatic carbocycles. The number of nitrogens with zero attached hydrogens (tertiary/aromatic N) is 2. The van der Waals surface area contributed by atoms with Crippen molar-refractivity contribution in [3.05, 3.63) is 76.9 Å². The topological polar surface area (TPSA) is 81.2 Å². The van der Waals surface area contributed by atoms with E-state index in [1.165, 1.54) is 24.5 Å². The van der Waals surface area contributed by atoms with E-state index in [2.05, 4.69) is 15.3 Å². The van der Waals surface area contributed by atoms with Crippen molar-refractivity contribution in [1.29, 1.82) is 0 Å². The Morgan fingerprint density at radius 1 is 1.13 bits per heavy atom. The Morgan fingerprint density at radius 2 is 1.97 bits per heavy atom. The number of benzene rings is 1. The molecule has 4 aromatic rings. The highest BCUT2D eigenvalue weighted by molar-refractivity contribution is 7.13. The molecular formula is C22H16ClN3O3S. The average molecular weight is 438 g/mol. The lowest BCUT2D eigenvalue weighted by Gasteiger charge is -2.15. The number of aromatic nitrogens is 2. The molecule has 1 unspecified atom stereocenters. The Morgan fingerprint density at radius 3 is 2.73 bits per heavy atom. The maximum absolute atomic E-state index is 12.9. The van der Waals surface area contributed by atoms with E-state index in [0.717, 1.165) is 4.88 Å². The third-order valence-electron chi connectivity index (χ3n) is 4.38. The van der Waals surface area contributed by atoms with Crippen LogP contribution in [0.2, 0.25) is 5.15 Å². The van der Waals surface area contributed by atoms with Crippen molar-refractivity contribution in [1.82, 2.24) is 9.97 Å². The lowest BCUT2D eigenvalue weighted by molar-refractivity contribution is -0.123. The van der Waals surface area contributed by atoms with Crippen LogP contribution in [0, 0.1) is 0 Å². The second kappa shape index (κ2) is 8.61. The number of rotatable bonds is 5. The van der Waals surface area contributed by atoms with Crippen LogP contribution >= 0.6 is 22.9 Å². The molecule has 1 atom stereocenters. The largest absolute Gasteiger partial charge is 0.449 e. The second-order valence-electron chi connectivity index (χ2n) is 6.43. The summed E-state index contributed by atoms with van der Waals surface area (Å²) in [4.78, 5) is 34.9. The summed E-state index contributed by atoms with van der Waals surface area (Å²) in [6.45, 7) is 1.50. The predicted molar refractivity (Wildman–Crippen MR) is 118 cm³/mol. The first-order chi connectivity index (χ1) is 14.5. The van der Waals surface area contributed by atoms with Gasteiger partial charge in [-0.3, -0.25) is 4.79 Å². The average Bonchev–Trinajstić information content (AvgIpc) is 3.29. The van der Waals surface area contributed by atoms with Crippen LogP contribution in [0.1, 0.15) is 17.3 Å². The van der Waals surface area contributed by atoms with Crippen LogP contribution in [0.5, 0.6) is 0 Å². The van der Waals surface area contributed by atoms with E-state index in [9.17, 15) is 9.59 Å². The molecule has 8 heteroatoms. The van der Waals surface area contributed by atoms with Gasteiger partial charge in [0.1, 0.15) is 0 Å². The molecule has 0 saturated heterocycles. The van der Waals surface area contributed by atoms with Gasteiger partial charge in [-0.15, -0.1) is 11.3 Å². The molecule has 0 aliphatic carbocycles. The minimum atomic E-state index is -1.04. The number of fused-ring (bicyclic) bond motifs is 1. The van der Waals surface area contributed by atoms with Gasteiger partial charge in [0, 0.05) is 11.6 Å². The molecule has 150 valence electrons. The number of hydrogen-bond acceptors (Lipinski definition) is 6. The van der Waals surface area contributed by atoms with E-state index in [1.54, 1.807) is 24.3 Å². The molecule has 30 heavy (non-hydrogen) atoms. The van der Waals surface area contributed by atoms with Gasteiger partial charge in [-0.2, -0.15) is 0 Å². The van der Waals surface area contributed by atoms with Crippen molar-refractivity contribution in [3.63, 3.8) is 0 Å². The maximum Gasteiger partial charge on any atom is 0.339 e.